The summed E-state index contributed by atoms with van der Waals surface area (Å²) in [6, 6.07) is 9.09. The minimum absolute atomic E-state index is 0.0826. The van der Waals surface area contributed by atoms with Crippen molar-refractivity contribution in [2.75, 3.05) is 6.61 Å². The molecule has 4 heteroatoms. The fourth-order valence-electron chi connectivity index (χ4n) is 4.64. The van der Waals surface area contributed by atoms with E-state index in [1.54, 1.807) is 0 Å². The molecule has 0 bridgehead atoms. The molecule has 0 aliphatic rings. The number of benzene rings is 2. The zero-order valence-corrected chi connectivity index (χ0v) is 28.4. The molecule has 38 heavy (non-hydrogen) atoms. The maximum Gasteiger partial charge on any atom is 1.10 e. The molecule has 0 heterocycles. The van der Waals surface area contributed by atoms with E-state index in [1.807, 2.05) is 0 Å². The third kappa shape index (κ3) is 8.51. The maximum atomic E-state index is 7.00. The van der Waals surface area contributed by atoms with Crippen LogP contribution < -0.4 is 7.58 Å². The van der Waals surface area contributed by atoms with Crippen LogP contribution in [-0.2, 0) is 25.4 Å². The van der Waals surface area contributed by atoms with Gasteiger partial charge in [0.05, 0.1) is 11.5 Å². The van der Waals surface area contributed by atoms with Crippen molar-refractivity contribution >= 4 is 15.1 Å². The molecule has 2 aromatic rings. The van der Waals surface area contributed by atoms with Gasteiger partial charge in [0.15, 0.2) is 0 Å². The number of hydrogen-bond acceptors (Lipinski definition) is 3. The molecule has 0 unspecified atom stereocenters. The maximum absolute atomic E-state index is 7.00. The van der Waals surface area contributed by atoms with Crippen LogP contribution in [-0.4, -0.2) is 21.8 Å². The lowest BCUT2D eigenvalue weighted by molar-refractivity contribution is 0.193. The van der Waals surface area contributed by atoms with Gasteiger partial charge in [0.25, 0.3) is 0 Å². The Labute approximate surface area is 240 Å². The second-order valence-corrected chi connectivity index (χ2v) is 16.5. The first kappa shape index (κ1) is 32.7. The van der Waals surface area contributed by atoms with Crippen LogP contribution in [0.3, 0.4) is 0 Å². The molecule has 3 nitrogen and oxygen atoms in total. The summed E-state index contributed by atoms with van der Waals surface area (Å²) in [5, 5.41) is 0. The highest BCUT2D eigenvalue weighted by Gasteiger charge is 2.44. The highest BCUT2D eigenvalue weighted by molar-refractivity contribution is 6.38. The van der Waals surface area contributed by atoms with E-state index >= 15 is 0 Å². The Morgan fingerprint density at radius 2 is 0.842 bits per heavy atom. The SMILES string of the molecule is CCCC[O][Al]([O]c1c(C(C)(C)C)cc(C)cc1C(C)(C)C)[O]c1c(C(C)(C)C)cc(C)cc1C(C)(C)C. The molecule has 0 atom stereocenters. The predicted molar refractivity (Wildman–Crippen MR) is 165 cm³/mol. The monoisotopic (exact) mass is 538 g/mol. The van der Waals surface area contributed by atoms with E-state index < -0.39 is 15.1 Å². The molecule has 0 amide bonds. The quantitative estimate of drug-likeness (QED) is 0.247. The first-order valence-electron chi connectivity index (χ1n) is 14.4. The smallest absolute Gasteiger partial charge is 0.588 e. The summed E-state index contributed by atoms with van der Waals surface area (Å²) in [5.41, 5.74) is 7.00. The molecule has 0 spiro atoms. The number of unbranched alkanes of at least 4 members (excludes halogenated alkanes) is 1. The summed E-state index contributed by atoms with van der Waals surface area (Å²) in [6.45, 7) is 34.2. The zero-order chi connectivity index (χ0) is 29.3. The number of aryl methyl sites for hydroxylation is 2. The average molecular weight is 539 g/mol. The Bertz CT molecular complexity index is 935. The highest BCUT2D eigenvalue weighted by atomic mass is 27.3. The van der Waals surface area contributed by atoms with E-state index in [1.165, 1.54) is 33.4 Å². The first-order valence-corrected chi connectivity index (χ1v) is 15.8. The minimum Gasteiger partial charge on any atom is -0.588 e. The van der Waals surface area contributed by atoms with Crippen molar-refractivity contribution in [3.8, 4) is 11.5 Å². The molecule has 0 radical (unpaired) electrons. The summed E-state index contributed by atoms with van der Waals surface area (Å²) in [5.74, 6) is 1.87. The summed E-state index contributed by atoms with van der Waals surface area (Å²) >= 11 is -2.65. The highest BCUT2D eigenvalue weighted by Crippen LogP contribution is 2.43. The fraction of sp³-hybridized carbons (Fsp3) is 0.647. The largest absolute Gasteiger partial charge is 1.10 e. The molecule has 0 aliphatic heterocycles. The Balaban J connectivity index is 2.77. The van der Waals surface area contributed by atoms with Crippen molar-refractivity contribution < 1.29 is 11.4 Å². The van der Waals surface area contributed by atoms with E-state index in [0.717, 1.165) is 24.3 Å². The van der Waals surface area contributed by atoms with Crippen LogP contribution in [0.5, 0.6) is 11.5 Å². The van der Waals surface area contributed by atoms with Crippen LogP contribution in [0.15, 0.2) is 24.3 Å². The van der Waals surface area contributed by atoms with Crippen molar-refractivity contribution in [2.24, 2.45) is 0 Å². The van der Waals surface area contributed by atoms with Crippen LogP contribution in [0.2, 0.25) is 0 Å². The van der Waals surface area contributed by atoms with Crippen LogP contribution in [0.4, 0.5) is 0 Å². The van der Waals surface area contributed by atoms with E-state index in [-0.39, 0.29) is 21.7 Å². The predicted octanol–water partition coefficient (Wildman–Crippen LogP) is 9.75. The lowest BCUT2D eigenvalue weighted by atomic mass is 9.78. The van der Waals surface area contributed by atoms with Gasteiger partial charge in [-0.2, -0.15) is 0 Å². The van der Waals surface area contributed by atoms with Crippen LogP contribution >= 0.6 is 0 Å². The second kappa shape index (κ2) is 12.0. The third-order valence-electron chi connectivity index (χ3n) is 6.88. The summed E-state index contributed by atoms with van der Waals surface area (Å²) in [4.78, 5) is 0. The number of rotatable bonds is 8. The lowest BCUT2D eigenvalue weighted by Crippen LogP contribution is -2.38. The van der Waals surface area contributed by atoms with Crippen molar-refractivity contribution in [3.63, 3.8) is 0 Å². The zero-order valence-electron chi connectivity index (χ0n) is 27.2. The van der Waals surface area contributed by atoms with Gasteiger partial charge in [0.2, 0.25) is 0 Å². The second-order valence-electron chi connectivity index (χ2n) is 15.1. The van der Waals surface area contributed by atoms with Gasteiger partial charge in [-0.15, -0.1) is 0 Å². The summed E-state index contributed by atoms with van der Waals surface area (Å²) in [6.07, 6.45) is 2.05. The normalized spacial score (nSPS) is 13.0. The van der Waals surface area contributed by atoms with Crippen molar-refractivity contribution in [1.29, 1.82) is 0 Å². The minimum atomic E-state index is -2.65. The van der Waals surface area contributed by atoms with Gasteiger partial charge >= 0.3 is 15.1 Å². The Kier molecular flexibility index (Phi) is 10.3. The van der Waals surface area contributed by atoms with E-state index in [0.29, 0.717) is 6.61 Å². The number of hydrogen-bond donors (Lipinski definition) is 0. The van der Waals surface area contributed by atoms with Crippen molar-refractivity contribution in [3.05, 3.63) is 57.6 Å². The van der Waals surface area contributed by atoms with Crippen molar-refractivity contribution in [2.45, 2.75) is 138 Å². The molecule has 0 aliphatic carbocycles. The molecule has 0 saturated heterocycles. The summed E-state index contributed by atoms with van der Waals surface area (Å²) < 4.78 is 20.5. The Morgan fingerprint density at radius 3 is 1.08 bits per heavy atom. The molecular formula is C34H55AlO3. The van der Waals surface area contributed by atoms with Gasteiger partial charge in [-0.05, 0) is 64.2 Å². The van der Waals surface area contributed by atoms with Gasteiger partial charge in [-0.3, -0.25) is 0 Å². The third-order valence-corrected chi connectivity index (χ3v) is 8.24. The van der Waals surface area contributed by atoms with Gasteiger partial charge in [0, 0.05) is 6.61 Å². The van der Waals surface area contributed by atoms with E-state index in [2.05, 4.69) is 128 Å². The van der Waals surface area contributed by atoms with E-state index in [4.69, 9.17) is 11.4 Å². The Morgan fingerprint density at radius 1 is 0.553 bits per heavy atom. The Hall–Kier alpha value is -1.47. The standard InChI is InChI=1S/2C15H24O.C4H9O.Al/c2*1-10-8-11(14(2,3)4)13(16)12(9-10)15(5,6)7;1-2-3-4-5;/h2*8-9,16H,1-7H3;2-4H2,1H3;/q;;-1;+3/p-2. The average Bonchev–Trinajstić information content (AvgIpc) is 2.72. The van der Waals surface area contributed by atoms with Gasteiger partial charge < -0.3 is 11.4 Å². The topological polar surface area (TPSA) is 27.7 Å². The summed E-state index contributed by atoms with van der Waals surface area (Å²) in [7, 11) is 0. The molecule has 0 aromatic heterocycles. The lowest BCUT2D eigenvalue weighted by Gasteiger charge is -2.34. The van der Waals surface area contributed by atoms with Crippen molar-refractivity contribution in [1.82, 2.24) is 0 Å². The van der Waals surface area contributed by atoms with Gasteiger partial charge in [0.1, 0.15) is 0 Å². The fourth-order valence-corrected chi connectivity index (χ4v) is 6.07. The molecule has 2 rings (SSSR count). The molecule has 0 saturated carbocycles. The van der Waals surface area contributed by atoms with E-state index in [9.17, 15) is 0 Å². The first-order chi connectivity index (χ1) is 17.2. The van der Waals surface area contributed by atoms with Crippen LogP contribution in [0.25, 0.3) is 0 Å². The molecule has 0 fully saturated rings. The molecule has 212 valence electrons. The molecule has 0 N–H and O–H groups in total. The van der Waals surface area contributed by atoms with Gasteiger partial charge in [-0.25, -0.2) is 0 Å². The van der Waals surface area contributed by atoms with Gasteiger partial charge in [-0.1, -0.05) is 132 Å². The molecule has 2 aromatic carbocycles. The van der Waals surface area contributed by atoms with Crippen LogP contribution in [0, 0.1) is 13.8 Å². The molecular weight excluding hydrogens is 483 g/mol. The van der Waals surface area contributed by atoms with Crippen LogP contribution in [0.1, 0.15) is 136 Å².